The van der Waals surface area contributed by atoms with Gasteiger partial charge in [0.1, 0.15) is 9.84 Å². The number of nitrogens with one attached hydrogen (secondary N) is 2. The van der Waals surface area contributed by atoms with Gasteiger partial charge in [-0.3, -0.25) is 4.99 Å². The fourth-order valence-electron chi connectivity index (χ4n) is 1.93. The van der Waals surface area contributed by atoms with Crippen LogP contribution in [-0.2, 0) is 21.0 Å². The molecule has 2 N–H and O–H groups in total. The lowest BCUT2D eigenvalue weighted by Gasteiger charge is -2.17. The van der Waals surface area contributed by atoms with Crippen molar-refractivity contribution in [3.05, 3.63) is 21.9 Å². The number of hydrogen-bond donors (Lipinski definition) is 2. The number of hydrogen-bond acceptors (Lipinski definition) is 5. The molecule has 0 spiro atoms. The number of aryl methyl sites for hydroxylation is 1. The molecule has 0 saturated carbocycles. The zero-order valence-corrected chi connectivity index (χ0v) is 18.6. The second kappa shape index (κ2) is 12.0. The average Bonchev–Trinajstić information content (AvgIpc) is 2.85. The highest BCUT2D eigenvalue weighted by Crippen LogP contribution is 2.16. The largest absolute Gasteiger partial charge is 0.379 e. The van der Waals surface area contributed by atoms with Crippen molar-refractivity contribution in [1.82, 2.24) is 10.6 Å². The second-order valence-electron chi connectivity index (χ2n) is 5.50. The van der Waals surface area contributed by atoms with Gasteiger partial charge >= 0.3 is 0 Å². The Kier molecular flexibility index (Phi) is 11.8. The van der Waals surface area contributed by atoms with Crippen LogP contribution in [0.1, 0.15) is 16.7 Å². The van der Waals surface area contributed by atoms with Crippen LogP contribution < -0.4 is 10.6 Å². The Morgan fingerprint density at radius 2 is 2.08 bits per heavy atom. The van der Waals surface area contributed by atoms with Crippen LogP contribution in [0.2, 0.25) is 0 Å². The van der Waals surface area contributed by atoms with E-state index in [0.29, 0.717) is 13.2 Å². The number of aliphatic imine (C=N–C) groups is 1. The molecule has 0 amide bonds. The van der Waals surface area contributed by atoms with E-state index in [-0.39, 0.29) is 42.4 Å². The first-order valence-electron chi connectivity index (χ1n) is 7.58. The van der Waals surface area contributed by atoms with Crippen molar-refractivity contribution >= 4 is 51.1 Å². The third-order valence-electron chi connectivity index (χ3n) is 3.05. The van der Waals surface area contributed by atoms with Crippen molar-refractivity contribution in [3.8, 4) is 0 Å². The summed E-state index contributed by atoms with van der Waals surface area (Å²) in [6.45, 7) is 5.46. The molecule has 1 unspecified atom stereocenters. The number of halogens is 1. The first kappa shape index (κ1) is 23.6. The predicted molar refractivity (Wildman–Crippen MR) is 113 cm³/mol. The topological polar surface area (TPSA) is 79.8 Å². The lowest BCUT2D eigenvalue weighted by molar-refractivity contribution is 0.154. The second-order valence-corrected chi connectivity index (χ2v) is 9.14. The van der Waals surface area contributed by atoms with Crippen LogP contribution in [0.3, 0.4) is 0 Å². The molecule has 0 aliphatic rings. The van der Waals surface area contributed by atoms with Crippen LogP contribution in [0.4, 0.5) is 0 Å². The molecule has 1 aromatic rings. The van der Waals surface area contributed by atoms with Gasteiger partial charge in [-0.25, -0.2) is 8.42 Å². The molecule has 6 nitrogen and oxygen atoms in total. The van der Waals surface area contributed by atoms with Crippen LogP contribution in [-0.4, -0.2) is 59.2 Å². The van der Waals surface area contributed by atoms with Crippen LogP contribution >= 0.6 is 35.3 Å². The van der Waals surface area contributed by atoms with Crippen molar-refractivity contribution in [2.24, 2.45) is 4.99 Å². The molecule has 0 fully saturated rings. The maximum atomic E-state index is 11.0. The third-order valence-corrected chi connectivity index (χ3v) is 4.98. The molecule has 0 aromatic carbocycles. The zero-order valence-electron chi connectivity index (χ0n) is 14.7. The Bertz CT molecular complexity index is 603. The Morgan fingerprint density at radius 3 is 2.62 bits per heavy atom. The maximum absolute atomic E-state index is 11.0. The van der Waals surface area contributed by atoms with Crippen molar-refractivity contribution in [1.29, 1.82) is 0 Å². The molecular weight excluding hydrogens is 461 g/mol. The Hall–Kier alpha value is -0.390. The minimum Gasteiger partial charge on any atom is -0.379 e. The molecule has 24 heavy (non-hydrogen) atoms. The summed E-state index contributed by atoms with van der Waals surface area (Å²) in [6.07, 6.45) is 2.15. The Morgan fingerprint density at radius 1 is 1.38 bits per heavy atom. The van der Waals surface area contributed by atoms with E-state index in [1.807, 2.05) is 11.3 Å². The van der Waals surface area contributed by atoms with Crippen LogP contribution in [0, 0.1) is 6.92 Å². The fourth-order valence-corrected chi connectivity index (χ4v) is 3.37. The first-order chi connectivity index (χ1) is 10.8. The van der Waals surface area contributed by atoms with E-state index in [4.69, 9.17) is 4.74 Å². The van der Waals surface area contributed by atoms with Crippen molar-refractivity contribution in [3.63, 3.8) is 0 Å². The van der Waals surface area contributed by atoms with Gasteiger partial charge in [0.15, 0.2) is 5.96 Å². The summed E-state index contributed by atoms with van der Waals surface area (Å²) >= 11 is 1.81. The van der Waals surface area contributed by atoms with E-state index in [9.17, 15) is 8.42 Å². The average molecular weight is 489 g/mol. The lowest BCUT2D eigenvalue weighted by atomic mass is 10.2. The summed E-state index contributed by atoms with van der Waals surface area (Å²) in [5.41, 5.74) is 0. The number of thiophene rings is 1. The van der Waals surface area contributed by atoms with Crippen molar-refractivity contribution < 1.29 is 13.2 Å². The molecule has 1 aromatic heterocycles. The fraction of sp³-hybridized carbons (Fsp3) is 0.667. The van der Waals surface area contributed by atoms with E-state index in [1.165, 1.54) is 16.0 Å². The number of guanidine groups is 1. The Balaban J connectivity index is 0.00000529. The molecule has 9 heteroatoms. The van der Waals surface area contributed by atoms with Gasteiger partial charge < -0.3 is 15.4 Å². The molecule has 1 heterocycles. The minimum atomic E-state index is -2.96. The van der Waals surface area contributed by atoms with Crippen molar-refractivity contribution in [2.45, 2.75) is 26.3 Å². The van der Waals surface area contributed by atoms with Gasteiger partial charge in [-0.15, -0.1) is 35.3 Å². The van der Waals surface area contributed by atoms with Gasteiger partial charge in [-0.2, -0.15) is 0 Å². The maximum Gasteiger partial charge on any atom is 0.191 e. The molecule has 0 aliphatic carbocycles. The van der Waals surface area contributed by atoms with Crippen LogP contribution in [0.25, 0.3) is 0 Å². The highest BCUT2D eigenvalue weighted by molar-refractivity contribution is 14.0. The minimum absolute atomic E-state index is 0. The molecule has 0 bridgehead atoms. The van der Waals surface area contributed by atoms with Crippen LogP contribution in [0.15, 0.2) is 17.1 Å². The predicted octanol–water partition coefficient (Wildman–Crippen LogP) is 1.83. The molecule has 1 rings (SSSR count). The SMILES string of the molecule is CN=C(NCCOCCS(C)(=O)=O)NC(C)Cc1ccc(C)s1.I. The summed E-state index contributed by atoms with van der Waals surface area (Å²) in [7, 11) is -1.23. The van der Waals surface area contributed by atoms with Gasteiger partial charge in [0.05, 0.1) is 19.0 Å². The van der Waals surface area contributed by atoms with E-state index < -0.39 is 9.84 Å². The van der Waals surface area contributed by atoms with Crippen LogP contribution in [0.5, 0.6) is 0 Å². The summed E-state index contributed by atoms with van der Waals surface area (Å²) in [5, 5.41) is 6.49. The number of rotatable bonds is 9. The van der Waals surface area contributed by atoms with Crippen molar-refractivity contribution in [2.75, 3.05) is 38.8 Å². The highest BCUT2D eigenvalue weighted by Gasteiger charge is 2.07. The van der Waals surface area contributed by atoms with Gasteiger partial charge in [0.2, 0.25) is 0 Å². The molecule has 0 saturated heterocycles. The number of ether oxygens (including phenoxy) is 1. The lowest BCUT2D eigenvalue weighted by Crippen LogP contribution is -2.44. The summed E-state index contributed by atoms with van der Waals surface area (Å²) < 4.78 is 27.2. The Labute approximate surface area is 166 Å². The molecule has 0 radical (unpaired) electrons. The van der Waals surface area contributed by atoms with E-state index in [0.717, 1.165) is 12.4 Å². The summed E-state index contributed by atoms with van der Waals surface area (Å²) in [6, 6.07) is 4.56. The highest BCUT2D eigenvalue weighted by atomic mass is 127. The number of nitrogens with zero attached hydrogens (tertiary/aromatic N) is 1. The zero-order chi connectivity index (χ0) is 17.3. The van der Waals surface area contributed by atoms with E-state index in [2.05, 4.69) is 41.6 Å². The van der Waals surface area contributed by atoms with Gasteiger partial charge in [0.25, 0.3) is 0 Å². The molecule has 1 atom stereocenters. The molecular formula is C15H28IN3O3S2. The van der Waals surface area contributed by atoms with E-state index in [1.54, 1.807) is 7.05 Å². The van der Waals surface area contributed by atoms with Gasteiger partial charge in [0, 0.05) is 42.1 Å². The number of sulfone groups is 1. The smallest absolute Gasteiger partial charge is 0.191 e. The monoisotopic (exact) mass is 489 g/mol. The third kappa shape index (κ3) is 11.2. The summed E-state index contributed by atoms with van der Waals surface area (Å²) in [4.78, 5) is 6.85. The van der Waals surface area contributed by atoms with Gasteiger partial charge in [-0.1, -0.05) is 0 Å². The molecule has 140 valence electrons. The molecule has 0 aliphatic heterocycles. The first-order valence-corrected chi connectivity index (χ1v) is 10.5. The van der Waals surface area contributed by atoms with E-state index >= 15 is 0 Å². The quantitative estimate of drug-likeness (QED) is 0.240. The normalized spacial score (nSPS) is 13.2. The summed E-state index contributed by atoms with van der Waals surface area (Å²) in [5.74, 6) is 0.773. The van der Waals surface area contributed by atoms with Gasteiger partial charge in [-0.05, 0) is 26.0 Å². The standard InChI is InChI=1S/C15H27N3O3S2.HI/c1-12(11-14-6-5-13(2)22-14)18-15(16-3)17-7-8-21-9-10-23(4,19)20;/h5-6,12H,7-11H2,1-4H3,(H2,16,17,18);1H.